The third-order valence-electron chi connectivity index (χ3n) is 15.2. The molecular formula is C85H181F3Si2. The molecule has 0 spiro atoms. The van der Waals surface area contributed by atoms with E-state index in [9.17, 15) is 13.2 Å². The highest BCUT2D eigenvalue weighted by Gasteiger charge is 2.51. The average molecular weight is 1320 g/mol. The van der Waals surface area contributed by atoms with Crippen LogP contribution in [0, 0.1) is 77.4 Å². The maximum Gasteiger partial charge on any atom is 0.394 e. The van der Waals surface area contributed by atoms with Crippen molar-refractivity contribution in [2.45, 2.75) is 423 Å². The number of halogens is 3. The molecule has 0 radical (unpaired) electrons. The molecule has 0 atom stereocenters. The van der Waals surface area contributed by atoms with Crippen LogP contribution in [0.2, 0.25) is 50.9 Å². The van der Waals surface area contributed by atoms with Crippen LogP contribution >= 0.6 is 0 Å². The van der Waals surface area contributed by atoms with E-state index >= 15 is 0 Å². The Bertz CT molecular complexity index is 1510. The third-order valence-corrected chi connectivity index (χ3v) is 20.4. The number of aryl methyl sites for hydroxylation is 3. The van der Waals surface area contributed by atoms with Crippen LogP contribution in [0.3, 0.4) is 0 Å². The van der Waals surface area contributed by atoms with Gasteiger partial charge >= 0.3 is 6.18 Å². The summed E-state index contributed by atoms with van der Waals surface area (Å²) in [5.74, 6) is 4.22. The fourth-order valence-corrected chi connectivity index (χ4v) is 7.95. The minimum absolute atomic E-state index is 0.303. The zero-order valence-electron chi connectivity index (χ0n) is 71.2. The molecule has 3 aliphatic carbocycles. The lowest BCUT2D eigenvalue weighted by Crippen LogP contribution is -2.38. The lowest BCUT2D eigenvalue weighted by Gasteiger charge is -2.37. The van der Waals surface area contributed by atoms with Crippen LogP contribution < -0.4 is 0 Å². The Kier molecular flexibility index (Phi) is 84.9. The Morgan fingerprint density at radius 3 is 0.778 bits per heavy atom. The van der Waals surface area contributed by atoms with Crippen LogP contribution in [0.1, 0.15) is 362 Å². The van der Waals surface area contributed by atoms with Crippen molar-refractivity contribution in [3.8, 4) is 0 Å². The molecule has 2 aromatic carbocycles. The van der Waals surface area contributed by atoms with Crippen molar-refractivity contribution in [2.75, 3.05) is 0 Å². The fraction of sp³-hybridized carbons (Fsp3) is 0.859. The number of alkyl halides is 3. The van der Waals surface area contributed by atoms with Gasteiger partial charge in [-0.3, -0.25) is 0 Å². The summed E-state index contributed by atoms with van der Waals surface area (Å²) in [5, 5.41) is 0. The van der Waals surface area contributed by atoms with E-state index in [0.717, 1.165) is 36.5 Å². The summed E-state index contributed by atoms with van der Waals surface area (Å²) in [6, 6.07) is 23.1. The van der Waals surface area contributed by atoms with E-state index in [0.29, 0.717) is 40.4 Å². The predicted octanol–water partition coefficient (Wildman–Crippen LogP) is 33.7. The van der Waals surface area contributed by atoms with Gasteiger partial charge in [-0.2, -0.15) is 13.2 Å². The molecule has 2 aromatic rings. The zero-order valence-corrected chi connectivity index (χ0v) is 73.2. The van der Waals surface area contributed by atoms with Gasteiger partial charge in [0.2, 0.25) is 0 Å². The van der Waals surface area contributed by atoms with Gasteiger partial charge in [0, 0.05) is 16.1 Å². The van der Waals surface area contributed by atoms with Crippen LogP contribution in [0.4, 0.5) is 13.2 Å². The largest absolute Gasteiger partial charge is 0.394 e. The molecule has 0 unspecified atom stereocenters. The van der Waals surface area contributed by atoms with E-state index < -0.39 is 27.7 Å². The van der Waals surface area contributed by atoms with Crippen molar-refractivity contribution < 1.29 is 13.2 Å². The maximum absolute atomic E-state index is 12.5. The van der Waals surface area contributed by atoms with E-state index in [2.05, 4.69) is 263 Å². The second kappa shape index (κ2) is 67.6. The molecule has 0 amide bonds. The summed E-state index contributed by atoms with van der Waals surface area (Å²) in [6.07, 6.45) is 15.1. The summed E-state index contributed by atoms with van der Waals surface area (Å²) < 4.78 is 37.4. The first kappa shape index (κ1) is 113. The molecule has 3 aliphatic rings. The Morgan fingerprint density at radius 1 is 0.433 bits per heavy atom. The number of rotatable bonds is 4. The smallest absolute Gasteiger partial charge is 0.171 e. The normalized spacial score (nSPS) is 16.6. The van der Waals surface area contributed by atoms with E-state index in [1.54, 1.807) is 0 Å². The molecular weight excluding hydrogens is 1130 g/mol. The van der Waals surface area contributed by atoms with Crippen molar-refractivity contribution >= 4 is 16.1 Å². The Hall–Kier alpha value is -1.34. The van der Waals surface area contributed by atoms with Gasteiger partial charge in [0.05, 0.1) is 5.41 Å². The van der Waals surface area contributed by atoms with Crippen molar-refractivity contribution in [2.24, 2.45) is 56.7 Å². The highest BCUT2D eigenvalue weighted by atomic mass is 28.3. The van der Waals surface area contributed by atoms with Crippen LogP contribution in [0.15, 0.2) is 54.6 Å². The van der Waals surface area contributed by atoms with Crippen molar-refractivity contribution in [1.29, 1.82) is 0 Å². The van der Waals surface area contributed by atoms with Crippen LogP contribution in [-0.2, 0) is 0 Å². The Morgan fingerprint density at radius 2 is 0.644 bits per heavy atom. The van der Waals surface area contributed by atoms with E-state index in [1.807, 2.05) is 80.5 Å². The van der Waals surface area contributed by atoms with E-state index in [-0.39, 0.29) is 0 Å². The number of hydrogen-bond acceptors (Lipinski definition) is 0. The number of hydrogen-bond donors (Lipinski definition) is 0. The Labute approximate surface area is 576 Å². The molecule has 0 aliphatic heterocycles. The molecule has 0 nitrogen and oxygen atoms in total. The predicted molar refractivity (Wildman–Crippen MR) is 430 cm³/mol. The van der Waals surface area contributed by atoms with Gasteiger partial charge in [-0.05, 0) is 111 Å². The molecule has 0 heterocycles. The van der Waals surface area contributed by atoms with Crippen molar-refractivity contribution in [1.82, 2.24) is 0 Å². The molecule has 0 bridgehead atoms. The molecule has 550 valence electrons. The summed E-state index contributed by atoms with van der Waals surface area (Å²) in [5.41, 5.74) is 4.82. The van der Waals surface area contributed by atoms with Crippen molar-refractivity contribution in [3.05, 3.63) is 71.3 Å². The second-order valence-corrected chi connectivity index (χ2v) is 45.1. The van der Waals surface area contributed by atoms with Gasteiger partial charge in [-0.25, -0.2) is 0 Å². The van der Waals surface area contributed by atoms with Gasteiger partial charge in [-0.15, -0.1) is 0 Å². The molecule has 3 fully saturated rings. The van der Waals surface area contributed by atoms with Gasteiger partial charge in [0.15, 0.2) is 0 Å². The SMILES string of the molecule is CC.CC.CC.CC.CC(C)(C)C.CC(C)C.CC1CCC(C)(C(F)(F)F)CC1.CC1CCC(C)(C)CC1.CC1CCCCC1.CCC(C)(C)C.CCC(C)(C)C.CCC(C)C.CC[Si](C)(CC)CC.C[Si](C)(C)C.Cc1ccc(C)cc1.Cc1ccccc1. The van der Waals surface area contributed by atoms with Crippen LogP contribution in [-0.4, -0.2) is 22.3 Å². The average Bonchev–Trinajstić information content (AvgIpc) is 3.61. The molecule has 90 heavy (non-hydrogen) atoms. The molecule has 0 saturated heterocycles. The maximum atomic E-state index is 12.5. The summed E-state index contributed by atoms with van der Waals surface area (Å²) in [4.78, 5) is 0. The quantitative estimate of drug-likeness (QED) is 0.268. The second-order valence-electron chi connectivity index (χ2n) is 33.4. The van der Waals surface area contributed by atoms with Gasteiger partial charge in [-0.1, -0.05) is 429 Å². The van der Waals surface area contributed by atoms with E-state index in [4.69, 9.17) is 0 Å². The highest BCUT2D eigenvalue weighted by Crippen LogP contribution is 2.49. The highest BCUT2D eigenvalue weighted by molar-refractivity contribution is 6.78. The molecule has 0 aromatic heterocycles. The lowest BCUT2D eigenvalue weighted by molar-refractivity contribution is -0.229. The molecule has 3 saturated carbocycles. The first-order valence-electron chi connectivity index (χ1n) is 38.0. The number of benzene rings is 2. The van der Waals surface area contributed by atoms with Gasteiger partial charge in [0.1, 0.15) is 0 Å². The first-order chi connectivity index (χ1) is 40.8. The minimum atomic E-state index is -4.01. The van der Waals surface area contributed by atoms with Crippen LogP contribution in [0.25, 0.3) is 0 Å². The lowest BCUT2D eigenvalue weighted by atomic mass is 9.72. The molecule has 5 rings (SSSR count). The molecule has 0 N–H and O–H groups in total. The Balaban J connectivity index is -0.0000000840. The zero-order chi connectivity index (χ0) is 74.4. The van der Waals surface area contributed by atoms with Crippen molar-refractivity contribution in [3.63, 3.8) is 0 Å². The molecule has 5 heteroatoms. The van der Waals surface area contributed by atoms with Gasteiger partial charge in [0.25, 0.3) is 0 Å². The monoisotopic (exact) mass is 1320 g/mol. The van der Waals surface area contributed by atoms with Gasteiger partial charge < -0.3 is 0 Å². The van der Waals surface area contributed by atoms with E-state index in [1.165, 1.54) is 119 Å². The summed E-state index contributed by atoms with van der Waals surface area (Å²) >= 11 is 0. The third kappa shape index (κ3) is 114. The topological polar surface area (TPSA) is 0 Å². The fourth-order valence-electron chi connectivity index (χ4n) is 6.45. The summed E-state index contributed by atoms with van der Waals surface area (Å²) in [7, 11) is -1.28. The minimum Gasteiger partial charge on any atom is -0.171 e. The summed E-state index contributed by atoms with van der Waals surface area (Å²) in [6.45, 7) is 93.7. The first-order valence-corrected chi connectivity index (χ1v) is 45.1. The van der Waals surface area contributed by atoms with Crippen LogP contribution in [0.5, 0.6) is 0 Å². The standard InChI is InChI=1S/C9H15F3.C9H18.C8H10.C7H18Si.C7H14.C7H8.2C6H14.2C5H12.C4H12Si.C4H10.4C2H6/c1-7-3-5-8(2,6-4-7)9(10,11)12;1-8-4-6-9(2,3)7-5-8;1-7-3-5-8(2)6-4-7;1-5-8(4,6-2)7-3;2*1-7-5-3-2-4-6-7;2*1-5-6(2,3)4;1-5(2,3)4;1-4-5(2)3;1-5(2,3)4;1-4(2)3;4*1-2/h7H,3-6H2,1-2H3;8H,4-7H2,1-3H3;3-6H,1-2H3;5-7H2,1-4H3;7H,2-6H2,1H3;2-6H,1H3;2*5H2,1-4H3;1-4H3;5H,4H2,1-3H3;1-4H3;4H,1-3H3;4*1-2H3.